The van der Waals surface area contributed by atoms with Crippen molar-refractivity contribution < 1.29 is 46.3 Å². The van der Waals surface area contributed by atoms with Gasteiger partial charge in [-0.05, 0) is 74.9 Å². The first kappa shape index (κ1) is 45.7. The van der Waals surface area contributed by atoms with Crippen LogP contribution in [0.25, 0.3) is 10.9 Å². The molecular formula is C42H56F4N6O6. The topological polar surface area (TPSA) is 162 Å². The molecule has 16 heteroatoms. The maximum atomic E-state index is 14.7. The molecule has 0 bridgehead atoms. The lowest BCUT2D eigenvalue weighted by Crippen LogP contribution is -2.67. The van der Waals surface area contributed by atoms with Crippen molar-refractivity contribution in [1.29, 1.82) is 0 Å². The van der Waals surface area contributed by atoms with Crippen LogP contribution in [-0.4, -0.2) is 90.9 Å². The molecule has 0 fully saturated rings. The zero-order valence-corrected chi connectivity index (χ0v) is 34.0. The van der Waals surface area contributed by atoms with Crippen LogP contribution in [0.5, 0.6) is 0 Å². The Bertz CT molecular complexity index is 1930. The van der Waals surface area contributed by atoms with Gasteiger partial charge in [0.15, 0.2) is 0 Å². The van der Waals surface area contributed by atoms with Gasteiger partial charge in [-0.15, -0.1) is 0 Å². The lowest BCUT2D eigenvalue weighted by Gasteiger charge is -2.39. The van der Waals surface area contributed by atoms with Gasteiger partial charge in [-0.25, -0.2) is 4.39 Å². The Morgan fingerprint density at radius 3 is 2.22 bits per heavy atom. The van der Waals surface area contributed by atoms with Gasteiger partial charge in [-0.1, -0.05) is 70.9 Å². The summed E-state index contributed by atoms with van der Waals surface area (Å²) in [5.41, 5.74) is -1.71. The van der Waals surface area contributed by atoms with Crippen molar-refractivity contribution in [2.75, 3.05) is 33.8 Å². The average molecular weight is 817 g/mol. The number of carbonyl (C=O) groups is 5. The predicted octanol–water partition coefficient (Wildman–Crippen LogP) is 4.98. The number of likely N-dealkylation sites (N-methyl/N-ethyl adjacent to an activating group) is 1. The number of aromatic amines is 1. The van der Waals surface area contributed by atoms with E-state index < -0.39 is 64.7 Å². The third-order valence-electron chi connectivity index (χ3n) is 10.9. The zero-order chi connectivity index (χ0) is 42.8. The molecule has 0 radical (unpaired) electrons. The molecule has 318 valence electrons. The summed E-state index contributed by atoms with van der Waals surface area (Å²) >= 11 is 0. The van der Waals surface area contributed by atoms with Crippen molar-refractivity contribution >= 4 is 40.5 Å². The van der Waals surface area contributed by atoms with Gasteiger partial charge >= 0.3 is 12.1 Å². The van der Waals surface area contributed by atoms with Crippen molar-refractivity contribution in [3.8, 4) is 0 Å². The summed E-state index contributed by atoms with van der Waals surface area (Å²) in [7, 11) is 3.50. The molecule has 1 aromatic heterocycles. The van der Waals surface area contributed by atoms with E-state index >= 15 is 0 Å². The third-order valence-corrected chi connectivity index (χ3v) is 10.9. The molecule has 0 saturated heterocycles. The number of hydrogen-bond acceptors (Lipinski definition) is 7. The minimum atomic E-state index is -4.66. The molecule has 4 amide bonds. The minimum absolute atomic E-state index is 0.0382. The number of esters is 1. The second kappa shape index (κ2) is 20.1. The van der Waals surface area contributed by atoms with Gasteiger partial charge in [-0.3, -0.25) is 28.9 Å². The first-order chi connectivity index (χ1) is 27.4. The molecule has 0 aliphatic heterocycles. The third kappa shape index (κ3) is 11.6. The van der Waals surface area contributed by atoms with Crippen molar-refractivity contribution in [3.05, 3.63) is 70.7 Å². The molecule has 5 unspecified atom stereocenters. The molecular weight excluding hydrogens is 760 g/mol. The number of benzene rings is 2. The number of amides is 4. The Morgan fingerprint density at radius 1 is 0.914 bits per heavy atom. The highest BCUT2D eigenvalue weighted by Crippen LogP contribution is 2.40. The van der Waals surface area contributed by atoms with Crippen LogP contribution in [0.1, 0.15) is 82.2 Å². The molecule has 4 rings (SSSR count). The second-order valence-corrected chi connectivity index (χ2v) is 15.5. The fourth-order valence-electron chi connectivity index (χ4n) is 7.14. The number of rotatable bonds is 19. The highest BCUT2D eigenvalue weighted by Gasteiger charge is 2.47. The lowest BCUT2D eigenvalue weighted by atomic mass is 9.78. The number of halogens is 4. The minimum Gasteiger partial charge on any atom is -0.465 e. The number of aromatic nitrogens is 1. The predicted molar refractivity (Wildman–Crippen MR) is 211 cm³/mol. The van der Waals surface area contributed by atoms with Crippen molar-refractivity contribution in [1.82, 2.24) is 31.2 Å². The number of ether oxygens (including phenoxy) is 1. The standard InChI is InChI=1S/C42H56F4N6O6/c1-7-25(3)35(38(55)47-20-11-12-21-58-34(54)24-52(5)6)50-40(57)41(19-18-32-29(23-41)28-15-13-16-30(37(28)48-32)42(44,45)46)51-39(56)36(26(4)8-2)49-33(53)22-27-14-9-10-17-31(27)43/h9-10,13-17,25-26,35-36,48H,7-8,11-12,18-24H2,1-6H3,(H,47,55)(H,49,53)(H,50,57)(H,51,56). The van der Waals surface area contributed by atoms with Crippen LogP contribution < -0.4 is 21.3 Å². The number of para-hydroxylation sites is 1. The van der Waals surface area contributed by atoms with Crippen LogP contribution >= 0.6 is 0 Å². The van der Waals surface area contributed by atoms with E-state index in [0.29, 0.717) is 36.9 Å². The van der Waals surface area contributed by atoms with Crippen LogP contribution in [0.15, 0.2) is 42.5 Å². The quantitative estimate of drug-likeness (QED) is 0.0649. The van der Waals surface area contributed by atoms with Crippen LogP contribution in [-0.2, 0) is 54.1 Å². The molecule has 5 N–H and O–H groups in total. The molecule has 1 heterocycles. The highest BCUT2D eigenvalue weighted by atomic mass is 19.4. The first-order valence-corrected chi connectivity index (χ1v) is 19.8. The van der Waals surface area contributed by atoms with Gasteiger partial charge in [-0.2, -0.15) is 13.2 Å². The van der Waals surface area contributed by atoms with E-state index in [2.05, 4.69) is 26.3 Å². The van der Waals surface area contributed by atoms with Crippen molar-refractivity contribution in [2.24, 2.45) is 11.8 Å². The number of H-pyrrole nitrogens is 1. The van der Waals surface area contributed by atoms with Crippen LogP contribution in [0.3, 0.4) is 0 Å². The van der Waals surface area contributed by atoms with E-state index in [-0.39, 0.29) is 73.7 Å². The summed E-state index contributed by atoms with van der Waals surface area (Å²) in [6, 6.07) is 7.35. The summed E-state index contributed by atoms with van der Waals surface area (Å²) in [5, 5.41) is 11.6. The molecule has 58 heavy (non-hydrogen) atoms. The Balaban J connectivity index is 1.62. The summed E-state index contributed by atoms with van der Waals surface area (Å²) in [4.78, 5) is 72.4. The molecule has 2 aromatic carbocycles. The number of hydrogen-bond donors (Lipinski definition) is 5. The molecule has 1 aliphatic carbocycles. The van der Waals surface area contributed by atoms with Crippen molar-refractivity contribution in [2.45, 2.75) is 103 Å². The number of nitrogens with one attached hydrogen (secondary N) is 5. The van der Waals surface area contributed by atoms with E-state index in [1.54, 1.807) is 38.9 Å². The fourth-order valence-corrected chi connectivity index (χ4v) is 7.14. The van der Waals surface area contributed by atoms with Gasteiger partial charge in [0, 0.05) is 24.0 Å². The van der Waals surface area contributed by atoms with Gasteiger partial charge in [0.05, 0.1) is 30.7 Å². The van der Waals surface area contributed by atoms with Gasteiger partial charge in [0.25, 0.3) is 0 Å². The molecule has 1 aliphatic rings. The van der Waals surface area contributed by atoms with E-state index in [1.807, 2.05) is 13.8 Å². The largest absolute Gasteiger partial charge is 0.465 e. The van der Waals surface area contributed by atoms with Gasteiger partial charge in [0.2, 0.25) is 23.6 Å². The lowest BCUT2D eigenvalue weighted by molar-refractivity contribution is -0.144. The van der Waals surface area contributed by atoms with Crippen LogP contribution in [0.2, 0.25) is 0 Å². The molecule has 12 nitrogen and oxygen atoms in total. The smallest absolute Gasteiger partial charge is 0.418 e. The number of aryl methyl sites for hydroxylation is 1. The number of fused-ring (bicyclic) bond motifs is 3. The van der Waals surface area contributed by atoms with Gasteiger partial charge < -0.3 is 31.0 Å². The van der Waals surface area contributed by atoms with E-state index in [4.69, 9.17) is 4.74 Å². The normalized spacial score (nSPS) is 17.4. The SMILES string of the molecule is CCC(C)C(NC(=O)Cc1ccccc1F)C(=O)NC1(C(=O)NC(C(=O)NCCCCOC(=O)CN(C)C)C(C)CC)CCc2[nH]c3c(C(F)(F)F)cccc3c2C1. The Kier molecular flexibility index (Phi) is 15.9. The fraction of sp³-hybridized carbons (Fsp3) is 0.548. The molecule has 0 saturated carbocycles. The number of nitrogens with zero attached hydrogens (tertiary/aromatic N) is 1. The summed E-state index contributed by atoms with van der Waals surface area (Å²) in [6.45, 7) is 7.77. The summed E-state index contributed by atoms with van der Waals surface area (Å²) in [6.07, 6.45) is -3.24. The Hall–Kier alpha value is -4.99. The monoisotopic (exact) mass is 816 g/mol. The Labute approximate surface area is 336 Å². The second-order valence-electron chi connectivity index (χ2n) is 15.5. The average Bonchev–Trinajstić information content (AvgIpc) is 3.54. The van der Waals surface area contributed by atoms with Crippen molar-refractivity contribution in [3.63, 3.8) is 0 Å². The maximum Gasteiger partial charge on any atom is 0.418 e. The molecule has 5 atom stereocenters. The van der Waals surface area contributed by atoms with Gasteiger partial charge in [0.1, 0.15) is 23.4 Å². The van der Waals surface area contributed by atoms with E-state index in [0.717, 1.165) is 6.07 Å². The summed E-state index contributed by atoms with van der Waals surface area (Å²) in [5.74, 6) is -4.25. The molecule has 3 aromatic rings. The highest BCUT2D eigenvalue weighted by molar-refractivity contribution is 5.99. The summed E-state index contributed by atoms with van der Waals surface area (Å²) < 4.78 is 61.9. The van der Waals surface area contributed by atoms with Crippen LogP contribution in [0.4, 0.5) is 17.6 Å². The van der Waals surface area contributed by atoms with Crippen LogP contribution in [0, 0.1) is 17.7 Å². The first-order valence-electron chi connectivity index (χ1n) is 19.8. The number of carbonyl (C=O) groups excluding carboxylic acids is 5. The van der Waals surface area contributed by atoms with E-state index in [9.17, 15) is 41.5 Å². The van der Waals surface area contributed by atoms with E-state index in [1.165, 1.54) is 30.3 Å². The Morgan fingerprint density at radius 2 is 1.59 bits per heavy atom. The number of unbranched alkanes of at least 4 members (excludes halogenated alkanes) is 1. The maximum absolute atomic E-state index is 14.7. The molecule has 0 spiro atoms. The number of alkyl halides is 3. The zero-order valence-electron chi connectivity index (χ0n) is 34.0.